The minimum absolute atomic E-state index is 0.153. The Kier molecular flexibility index (Phi) is 2.89. The monoisotopic (exact) mass is 280 g/mol. The largest absolute Gasteiger partial charge is 0.299 e. The van der Waals surface area contributed by atoms with Gasteiger partial charge in [-0.05, 0) is 54.2 Å². The number of ketones is 1. The van der Waals surface area contributed by atoms with E-state index in [1.807, 2.05) is 0 Å². The molecule has 3 aliphatic rings. The number of rotatable bonds is 2. The summed E-state index contributed by atoms with van der Waals surface area (Å²) in [4.78, 5) is 12.4. The van der Waals surface area contributed by atoms with Crippen molar-refractivity contribution >= 4 is 5.78 Å². The van der Waals surface area contributed by atoms with Crippen molar-refractivity contribution in [1.82, 2.24) is 0 Å². The van der Waals surface area contributed by atoms with Crippen LogP contribution in [0.1, 0.15) is 56.2 Å². The Balaban J connectivity index is 1.89. The Labute approximate surface area is 127 Å². The molecular formula is C20H24O. The van der Waals surface area contributed by atoms with Crippen LogP contribution in [0.5, 0.6) is 0 Å². The van der Waals surface area contributed by atoms with E-state index in [1.54, 1.807) is 11.1 Å². The second kappa shape index (κ2) is 4.56. The summed E-state index contributed by atoms with van der Waals surface area (Å²) in [6.45, 7) is 4.59. The molecule has 110 valence electrons. The van der Waals surface area contributed by atoms with Gasteiger partial charge in [0.15, 0.2) is 0 Å². The molecule has 4 rings (SSSR count). The SMILES string of the molecule is CC(C)Cc1cccc2c1C1(CC(=O)C2)CC2=CCC1C2. The first kappa shape index (κ1) is 13.3. The molecule has 21 heavy (non-hydrogen) atoms. The quantitative estimate of drug-likeness (QED) is 0.735. The highest BCUT2D eigenvalue weighted by Crippen LogP contribution is 2.58. The van der Waals surface area contributed by atoms with E-state index in [-0.39, 0.29) is 5.41 Å². The van der Waals surface area contributed by atoms with Gasteiger partial charge in [-0.25, -0.2) is 0 Å². The summed E-state index contributed by atoms with van der Waals surface area (Å²) < 4.78 is 0. The van der Waals surface area contributed by atoms with E-state index in [2.05, 4.69) is 38.1 Å². The van der Waals surface area contributed by atoms with Gasteiger partial charge in [0.2, 0.25) is 0 Å². The molecule has 3 aliphatic carbocycles. The third-order valence-electron chi connectivity index (χ3n) is 5.79. The first-order valence-electron chi connectivity index (χ1n) is 8.39. The zero-order chi connectivity index (χ0) is 14.6. The predicted octanol–water partition coefficient (Wildman–Crippen LogP) is 4.38. The van der Waals surface area contributed by atoms with Gasteiger partial charge in [-0.3, -0.25) is 4.79 Å². The molecule has 1 aromatic carbocycles. The maximum atomic E-state index is 12.4. The molecule has 1 aromatic rings. The van der Waals surface area contributed by atoms with Crippen molar-refractivity contribution in [3.63, 3.8) is 0 Å². The number of hydrogen-bond donors (Lipinski definition) is 0. The van der Waals surface area contributed by atoms with E-state index in [0.717, 1.165) is 19.3 Å². The topological polar surface area (TPSA) is 17.1 Å². The summed E-state index contributed by atoms with van der Waals surface area (Å²) in [7, 11) is 0. The van der Waals surface area contributed by atoms with Crippen molar-refractivity contribution in [2.24, 2.45) is 11.8 Å². The number of fused-ring (bicyclic) bond motifs is 5. The molecule has 2 unspecified atom stereocenters. The van der Waals surface area contributed by atoms with Gasteiger partial charge in [-0.15, -0.1) is 0 Å². The van der Waals surface area contributed by atoms with Gasteiger partial charge in [0.05, 0.1) is 0 Å². The van der Waals surface area contributed by atoms with Gasteiger partial charge in [0.1, 0.15) is 5.78 Å². The highest BCUT2D eigenvalue weighted by molar-refractivity contribution is 5.86. The van der Waals surface area contributed by atoms with Crippen LogP contribution in [0.2, 0.25) is 0 Å². The van der Waals surface area contributed by atoms with Crippen LogP contribution < -0.4 is 0 Å². The lowest BCUT2D eigenvalue weighted by Crippen LogP contribution is -2.40. The fourth-order valence-electron chi connectivity index (χ4n) is 5.17. The number of carbonyl (C=O) groups is 1. The summed E-state index contributed by atoms with van der Waals surface area (Å²) >= 11 is 0. The average molecular weight is 280 g/mol. The normalized spacial score (nSPS) is 30.1. The van der Waals surface area contributed by atoms with Crippen LogP contribution in [0.4, 0.5) is 0 Å². The summed E-state index contributed by atoms with van der Waals surface area (Å²) in [5.41, 5.74) is 6.19. The van der Waals surface area contributed by atoms with Crippen LogP contribution in [0.3, 0.4) is 0 Å². The molecule has 0 saturated heterocycles. The fraction of sp³-hybridized carbons (Fsp3) is 0.550. The minimum Gasteiger partial charge on any atom is -0.299 e. The Morgan fingerprint density at radius 1 is 1.29 bits per heavy atom. The lowest BCUT2D eigenvalue weighted by atomic mass is 9.60. The van der Waals surface area contributed by atoms with Crippen LogP contribution >= 0.6 is 0 Å². The van der Waals surface area contributed by atoms with Gasteiger partial charge in [0.25, 0.3) is 0 Å². The van der Waals surface area contributed by atoms with Gasteiger partial charge in [-0.2, -0.15) is 0 Å². The average Bonchev–Trinajstić information content (AvgIpc) is 2.98. The molecule has 0 radical (unpaired) electrons. The summed E-state index contributed by atoms with van der Waals surface area (Å²) in [5.74, 6) is 1.81. The van der Waals surface area contributed by atoms with E-state index >= 15 is 0 Å². The number of carbonyl (C=O) groups excluding carboxylic acids is 1. The van der Waals surface area contributed by atoms with E-state index in [1.165, 1.54) is 24.0 Å². The highest BCUT2D eigenvalue weighted by Gasteiger charge is 2.52. The molecule has 0 N–H and O–H groups in total. The summed E-state index contributed by atoms with van der Waals surface area (Å²) in [6, 6.07) is 6.68. The first-order valence-corrected chi connectivity index (χ1v) is 8.39. The number of benzene rings is 1. The van der Waals surface area contributed by atoms with Crippen molar-refractivity contribution < 1.29 is 4.79 Å². The van der Waals surface area contributed by atoms with Crippen molar-refractivity contribution in [2.45, 2.75) is 57.8 Å². The molecule has 2 atom stereocenters. The second-order valence-electron chi connectivity index (χ2n) is 7.77. The van der Waals surface area contributed by atoms with Gasteiger partial charge in [0, 0.05) is 18.3 Å². The molecule has 1 spiro atoms. The molecule has 1 fully saturated rings. The molecule has 1 nitrogen and oxygen atoms in total. The van der Waals surface area contributed by atoms with Crippen LogP contribution in [0.25, 0.3) is 0 Å². The Morgan fingerprint density at radius 3 is 2.81 bits per heavy atom. The van der Waals surface area contributed by atoms with Crippen LogP contribution in [0, 0.1) is 11.8 Å². The van der Waals surface area contributed by atoms with E-state index in [4.69, 9.17) is 0 Å². The van der Waals surface area contributed by atoms with Gasteiger partial charge >= 0.3 is 0 Å². The summed E-state index contributed by atoms with van der Waals surface area (Å²) in [6.07, 6.45) is 8.60. The number of Topliss-reactive ketones (excluding diaryl/α,β-unsaturated/α-hetero) is 1. The third-order valence-corrected chi connectivity index (χ3v) is 5.79. The molecule has 2 bridgehead atoms. The van der Waals surface area contributed by atoms with Crippen molar-refractivity contribution in [2.75, 3.05) is 0 Å². The van der Waals surface area contributed by atoms with Crippen LogP contribution in [-0.2, 0) is 23.1 Å². The maximum Gasteiger partial charge on any atom is 0.138 e. The van der Waals surface area contributed by atoms with Crippen molar-refractivity contribution in [3.05, 3.63) is 46.5 Å². The zero-order valence-corrected chi connectivity index (χ0v) is 13.1. The van der Waals surface area contributed by atoms with Crippen LogP contribution in [0.15, 0.2) is 29.8 Å². The first-order chi connectivity index (χ1) is 10.1. The number of allylic oxidation sites excluding steroid dienone is 2. The zero-order valence-electron chi connectivity index (χ0n) is 13.1. The molecule has 0 aliphatic heterocycles. The lowest BCUT2D eigenvalue weighted by Gasteiger charge is -2.42. The summed E-state index contributed by atoms with van der Waals surface area (Å²) in [5, 5.41) is 0. The Hall–Kier alpha value is -1.37. The number of hydrogen-bond acceptors (Lipinski definition) is 1. The predicted molar refractivity (Wildman–Crippen MR) is 85.4 cm³/mol. The molecule has 0 heterocycles. The Bertz CT molecular complexity index is 637. The second-order valence-corrected chi connectivity index (χ2v) is 7.77. The van der Waals surface area contributed by atoms with Crippen molar-refractivity contribution in [3.8, 4) is 0 Å². The van der Waals surface area contributed by atoms with Gasteiger partial charge in [-0.1, -0.05) is 43.7 Å². The fourth-order valence-corrected chi connectivity index (χ4v) is 5.17. The molecule has 1 heteroatoms. The highest BCUT2D eigenvalue weighted by atomic mass is 16.1. The van der Waals surface area contributed by atoms with Crippen molar-refractivity contribution in [1.29, 1.82) is 0 Å². The minimum atomic E-state index is 0.153. The molecule has 0 amide bonds. The lowest BCUT2D eigenvalue weighted by molar-refractivity contribution is -0.120. The molecule has 0 aromatic heterocycles. The third kappa shape index (κ3) is 1.93. The molecular weight excluding hydrogens is 256 g/mol. The van der Waals surface area contributed by atoms with Crippen LogP contribution in [-0.4, -0.2) is 5.78 Å². The van der Waals surface area contributed by atoms with E-state index < -0.39 is 0 Å². The standard InChI is InChI=1S/C20H24O/c1-13(2)8-15-4-3-5-16-10-18(21)12-20(19(15)16)11-14-6-7-17(20)9-14/h3-6,13,17H,7-12H2,1-2H3. The Morgan fingerprint density at radius 2 is 2.14 bits per heavy atom. The maximum absolute atomic E-state index is 12.4. The van der Waals surface area contributed by atoms with Gasteiger partial charge < -0.3 is 0 Å². The van der Waals surface area contributed by atoms with E-state index in [0.29, 0.717) is 24.0 Å². The van der Waals surface area contributed by atoms with E-state index in [9.17, 15) is 4.79 Å². The smallest absolute Gasteiger partial charge is 0.138 e. The molecule has 1 saturated carbocycles.